The van der Waals surface area contributed by atoms with E-state index in [1.165, 1.54) is 6.07 Å². The molecule has 0 unspecified atom stereocenters. The molecule has 0 atom stereocenters. The highest BCUT2D eigenvalue weighted by Gasteiger charge is 2.10. The number of pyridine rings is 1. The Bertz CT molecular complexity index is 552. The highest BCUT2D eigenvalue weighted by Crippen LogP contribution is 2.29. The standard InChI is InChI=1S/C13H14FN3/c1-2-3-6-17-13-10(14)8-11(15)9-5-4-7-16-12(9)13/h2,4-5,7-8,17H,1,3,6,15H2. The summed E-state index contributed by atoms with van der Waals surface area (Å²) < 4.78 is 13.8. The van der Waals surface area contributed by atoms with E-state index in [1.807, 2.05) is 6.07 Å². The molecule has 17 heavy (non-hydrogen) atoms. The molecule has 0 fully saturated rings. The Morgan fingerprint density at radius 3 is 3.12 bits per heavy atom. The summed E-state index contributed by atoms with van der Waals surface area (Å²) in [5.74, 6) is -0.377. The van der Waals surface area contributed by atoms with Gasteiger partial charge in [-0.25, -0.2) is 4.39 Å². The quantitative estimate of drug-likeness (QED) is 0.483. The van der Waals surface area contributed by atoms with E-state index in [0.717, 1.165) is 11.8 Å². The van der Waals surface area contributed by atoms with Gasteiger partial charge in [0.1, 0.15) is 0 Å². The molecule has 0 aliphatic carbocycles. The number of halogens is 1. The van der Waals surface area contributed by atoms with Crippen LogP contribution in [0.2, 0.25) is 0 Å². The zero-order chi connectivity index (χ0) is 12.3. The molecule has 2 aromatic rings. The Kier molecular flexibility index (Phi) is 3.23. The van der Waals surface area contributed by atoms with Crippen LogP contribution in [0.15, 0.2) is 37.1 Å². The van der Waals surface area contributed by atoms with Crippen molar-refractivity contribution in [3.05, 3.63) is 42.9 Å². The van der Waals surface area contributed by atoms with E-state index in [-0.39, 0.29) is 5.82 Å². The first kappa shape index (κ1) is 11.4. The summed E-state index contributed by atoms with van der Waals surface area (Å²) in [5.41, 5.74) is 7.12. The van der Waals surface area contributed by atoms with Gasteiger partial charge < -0.3 is 11.1 Å². The Balaban J connectivity index is 2.49. The SMILES string of the molecule is C=CCCNc1c(F)cc(N)c2cccnc12. The fourth-order valence-corrected chi connectivity index (χ4v) is 1.70. The average Bonchev–Trinajstić information content (AvgIpc) is 2.33. The average molecular weight is 231 g/mol. The van der Waals surface area contributed by atoms with Crippen LogP contribution in [0.1, 0.15) is 6.42 Å². The third-order valence-corrected chi connectivity index (χ3v) is 2.53. The lowest BCUT2D eigenvalue weighted by atomic mass is 10.1. The summed E-state index contributed by atoms with van der Waals surface area (Å²) in [6.07, 6.45) is 4.16. The smallest absolute Gasteiger partial charge is 0.150 e. The maximum absolute atomic E-state index is 13.8. The van der Waals surface area contributed by atoms with Crippen molar-refractivity contribution in [3.8, 4) is 0 Å². The molecule has 88 valence electrons. The van der Waals surface area contributed by atoms with Gasteiger partial charge in [-0.2, -0.15) is 0 Å². The number of fused-ring (bicyclic) bond motifs is 1. The summed E-state index contributed by atoms with van der Waals surface area (Å²) in [4.78, 5) is 4.17. The second-order valence-corrected chi connectivity index (χ2v) is 3.73. The maximum atomic E-state index is 13.8. The van der Waals surface area contributed by atoms with Crippen molar-refractivity contribution in [2.75, 3.05) is 17.6 Å². The van der Waals surface area contributed by atoms with E-state index in [4.69, 9.17) is 5.73 Å². The van der Waals surface area contributed by atoms with Crippen LogP contribution in [-0.4, -0.2) is 11.5 Å². The van der Waals surface area contributed by atoms with Crippen LogP contribution < -0.4 is 11.1 Å². The molecule has 0 radical (unpaired) electrons. The number of rotatable bonds is 4. The van der Waals surface area contributed by atoms with Crippen LogP contribution in [-0.2, 0) is 0 Å². The lowest BCUT2D eigenvalue weighted by Gasteiger charge is -2.11. The summed E-state index contributed by atoms with van der Waals surface area (Å²) in [7, 11) is 0. The van der Waals surface area contributed by atoms with Gasteiger partial charge in [0, 0.05) is 23.8 Å². The van der Waals surface area contributed by atoms with E-state index in [1.54, 1.807) is 18.3 Å². The molecule has 0 aliphatic heterocycles. The second-order valence-electron chi connectivity index (χ2n) is 3.73. The van der Waals surface area contributed by atoms with Crippen LogP contribution in [0.25, 0.3) is 10.9 Å². The van der Waals surface area contributed by atoms with Crippen molar-refractivity contribution in [3.63, 3.8) is 0 Å². The van der Waals surface area contributed by atoms with Gasteiger partial charge in [0.25, 0.3) is 0 Å². The van der Waals surface area contributed by atoms with Crippen molar-refractivity contribution in [2.24, 2.45) is 0 Å². The molecule has 1 aromatic carbocycles. The fourth-order valence-electron chi connectivity index (χ4n) is 1.70. The van der Waals surface area contributed by atoms with Gasteiger partial charge in [0.2, 0.25) is 0 Å². The Morgan fingerprint density at radius 1 is 1.53 bits per heavy atom. The highest BCUT2D eigenvalue weighted by molar-refractivity contribution is 5.98. The lowest BCUT2D eigenvalue weighted by molar-refractivity contribution is 0.632. The topological polar surface area (TPSA) is 50.9 Å². The van der Waals surface area contributed by atoms with Crippen molar-refractivity contribution in [2.45, 2.75) is 6.42 Å². The van der Waals surface area contributed by atoms with Gasteiger partial charge in [0.05, 0.1) is 11.2 Å². The number of nitrogens with two attached hydrogens (primary N) is 1. The molecule has 3 nitrogen and oxygen atoms in total. The Labute approximate surface area is 99.2 Å². The Hall–Kier alpha value is -2.10. The van der Waals surface area contributed by atoms with Crippen LogP contribution in [0.3, 0.4) is 0 Å². The maximum Gasteiger partial charge on any atom is 0.150 e. The van der Waals surface area contributed by atoms with Gasteiger partial charge in [-0.05, 0) is 24.6 Å². The molecule has 0 aliphatic rings. The number of anilines is 2. The van der Waals surface area contributed by atoms with E-state index in [2.05, 4.69) is 16.9 Å². The van der Waals surface area contributed by atoms with Gasteiger partial charge in [-0.1, -0.05) is 6.08 Å². The number of hydrogen-bond donors (Lipinski definition) is 2. The first-order valence-electron chi connectivity index (χ1n) is 5.41. The minimum Gasteiger partial charge on any atom is -0.398 e. The minimum atomic E-state index is -0.377. The second kappa shape index (κ2) is 4.82. The van der Waals surface area contributed by atoms with Gasteiger partial charge in [-0.3, -0.25) is 4.98 Å². The van der Waals surface area contributed by atoms with E-state index in [9.17, 15) is 4.39 Å². The molecule has 0 amide bonds. The highest BCUT2D eigenvalue weighted by atomic mass is 19.1. The van der Waals surface area contributed by atoms with Gasteiger partial charge in [-0.15, -0.1) is 6.58 Å². The van der Waals surface area contributed by atoms with Crippen molar-refractivity contribution >= 4 is 22.3 Å². The first-order chi connectivity index (χ1) is 8.24. The van der Waals surface area contributed by atoms with Crippen molar-refractivity contribution in [1.82, 2.24) is 4.98 Å². The molecule has 0 bridgehead atoms. The molecular weight excluding hydrogens is 217 g/mol. The summed E-state index contributed by atoms with van der Waals surface area (Å²) in [6.45, 7) is 4.24. The molecule has 1 heterocycles. The largest absolute Gasteiger partial charge is 0.398 e. The van der Waals surface area contributed by atoms with E-state index >= 15 is 0 Å². The monoisotopic (exact) mass is 231 g/mol. The van der Waals surface area contributed by atoms with Crippen LogP contribution in [0.5, 0.6) is 0 Å². The van der Waals surface area contributed by atoms with Crippen molar-refractivity contribution in [1.29, 1.82) is 0 Å². The summed E-state index contributed by atoms with van der Waals surface area (Å²) in [5, 5.41) is 3.78. The van der Waals surface area contributed by atoms with Crippen LogP contribution in [0.4, 0.5) is 15.8 Å². The molecule has 0 saturated carbocycles. The fraction of sp³-hybridized carbons (Fsp3) is 0.154. The number of aromatic nitrogens is 1. The number of nitrogens with one attached hydrogen (secondary N) is 1. The summed E-state index contributed by atoms with van der Waals surface area (Å²) >= 11 is 0. The third-order valence-electron chi connectivity index (χ3n) is 2.53. The zero-order valence-corrected chi connectivity index (χ0v) is 9.41. The molecule has 3 N–H and O–H groups in total. The van der Waals surface area contributed by atoms with Crippen LogP contribution >= 0.6 is 0 Å². The summed E-state index contributed by atoms with van der Waals surface area (Å²) in [6, 6.07) is 4.93. The minimum absolute atomic E-state index is 0.377. The predicted molar refractivity (Wildman–Crippen MR) is 69.4 cm³/mol. The number of benzene rings is 1. The van der Waals surface area contributed by atoms with Crippen LogP contribution in [0, 0.1) is 5.82 Å². The molecule has 0 spiro atoms. The number of nitrogens with zero attached hydrogens (tertiary/aromatic N) is 1. The molecular formula is C13H14FN3. The Morgan fingerprint density at radius 2 is 2.35 bits per heavy atom. The van der Waals surface area contributed by atoms with Gasteiger partial charge >= 0.3 is 0 Å². The lowest BCUT2D eigenvalue weighted by Crippen LogP contribution is -2.05. The number of hydrogen-bond acceptors (Lipinski definition) is 3. The molecule has 4 heteroatoms. The molecule has 0 saturated heterocycles. The molecule has 1 aromatic heterocycles. The third kappa shape index (κ3) is 2.20. The number of nitrogen functional groups attached to an aromatic ring is 1. The van der Waals surface area contributed by atoms with Crippen molar-refractivity contribution < 1.29 is 4.39 Å². The molecule has 2 rings (SSSR count). The van der Waals surface area contributed by atoms with E-state index < -0.39 is 0 Å². The predicted octanol–water partition coefficient (Wildman–Crippen LogP) is 2.94. The zero-order valence-electron chi connectivity index (χ0n) is 9.41. The first-order valence-corrected chi connectivity index (χ1v) is 5.41. The van der Waals surface area contributed by atoms with E-state index in [0.29, 0.717) is 23.4 Å². The normalized spacial score (nSPS) is 10.4. The van der Waals surface area contributed by atoms with Gasteiger partial charge in [0.15, 0.2) is 5.82 Å².